The second-order valence-corrected chi connectivity index (χ2v) is 17.8. The first-order valence-electron chi connectivity index (χ1n) is 25.4. The number of rotatable bonds is 5. The molecular formula is C62H34N4S. The predicted octanol–water partition coefficient (Wildman–Crippen LogP) is 17.4. The van der Waals surface area contributed by atoms with Crippen LogP contribution in [-0.2, 0) is 0 Å². The van der Waals surface area contributed by atoms with Crippen LogP contribution in [0, 0.1) is 17.9 Å². The van der Waals surface area contributed by atoms with Crippen LogP contribution in [0.1, 0.15) is 15.2 Å². The quantitative estimate of drug-likeness (QED) is 0.125. The molecule has 5 heteroatoms. The third-order valence-corrected chi connectivity index (χ3v) is 14.6. The summed E-state index contributed by atoms with van der Waals surface area (Å²) in [6, 6.07) is 53.8. The number of aromatic nitrogens is 2. The Balaban J connectivity index is 1.31. The van der Waals surface area contributed by atoms with Gasteiger partial charge in [0.05, 0.1) is 59.9 Å². The second-order valence-electron chi connectivity index (χ2n) is 16.7. The molecule has 0 atom stereocenters. The number of thiophene rings is 1. The van der Waals surface area contributed by atoms with Crippen LogP contribution >= 0.6 is 11.3 Å². The summed E-state index contributed by atoms with van der Waals surface area (Å²) < 4.78 is 71.4. The number of benzene rings is 11. The molecule has 0 aliphatic heterocycles. The highest BCUT2D eigenvalue weighted by Gasteiger charge is 2.33. The Kier molecular flexibility index (Phi) is 6.59. The summed E-state index contributed by atoms with van der Waals surface area (Å²) >= 11 is 1.68. The zero-order chi connectivity index (χ0) is 50.4. The van der Waals surface area contributed by atoms with E-state index in [9.17, 15) is 18.7 Å². The van der Waals surface area contributed by atoms with Crippen molar-refractivity contribution in [2.75, 3.05) is 0 Å². The van der Waals surface area contributed by atoms with Crippen LogP contribution in [0.3, 0.4) is 0 Å². The average Bonchev–Trinajstić information content (AvgIpc) is 4.26. The van der Waals surface area contributed by atoms with Crippen LogP contribution in [0.4, 0.5) is 5.69 Å². The van der Waals surface area contributed by atoms with E-state index in [1.807, 2.05) is 108 Å². The number of nitriles is 1. The number of fused-ring (bicyclic) bond motifs is 10. The van der Waals surface area contributed by atoms with Crippen molar-refractivity contribution in [3.05, 3.63) is 223 Å². The molecule has 0 radical (unpaired) electrons. The fourth-order valence-electron chi connectivity index (χ4n) is 10.8. The van der Waals surface area contributed by atoms with Crippen molar-refractivity contribution in [1.29, 1.82) is 5.26 Å². The maximum atomic E-state index is 12.1. The molecule has 3 heterocycles. The molecule has 11 aromatic carbocycles. The molecule has 0 fully saturated rings. The normalized spacial score (nSPS) is 13.3. The van der Waals surface area contributed by atoms with E-state index in [2.05, 4.69) is 64.0 Å². The molecular weight excluding hydrogens is 833 g/mol. The SMILES string of the molecule is [2H]c1c([2H])c([2H])c2c(c1[2H])c1cccc3c1c1c2c([2H])c([2H])c([2H])c1n3-c1c([N+]#[C-])c(-c2ccccc2)c(C#N)c(-n2c3cccc(-c4ccccc4)c3c3ccc4c5ccccc5sc4c32)c1-c1ccccc1. The molecule has 14 rings (SSSR count). The van der Waals surface area contributed by atoms with E-state index in [0.717, 1.165) is 53.1 Å². The van der Waals surface area contributed by atoms with E-state index in [0.29, 0.717) is 55.3 Å². The van der Waals surface area contributed by atoms with Gasteiger partial charge in [-0.25, -0.2) is 4.85 Å². The van der Waals surface area contributed by atoms with Crippen LogP contribution in [0.15, 0.2) is 206 Å². The summed E-state index contributed by atoms with van der Waals surface area (Å²) in [5.74, 6) is 0. The Morgan fingerprint density at radius 1 is 0.478 bits per heavy atom. The lowest BCUT2D eigenvalue weighted by atomic mass is 9.88. The van der Waals surface area contributed by atoms with E-state index in [-0.39, 0.29) is 57.1 Å². The molecule has 0 spiro atoms. The van der Waals surface area contributed by atoms with Crippen molar-refractivity contribution in [3.8, 4) is 50.8 Å². The third kappa shape index (κ3) is 5.09. The lowest BCUT2D eigenvalue weighted by Gasteiger charge is -2.26. The van der Waals surface area contributed by atoms with Gasteiger partial charge >= 0.3 is 0 Å². The van der Waals surface area contributed by atoms with Gasteiger partial charge in [0.1, 0.15) is 6.07 Å². The van der Waals surface area contributed by atoms with Gasteiger partial charge < -0.3 is 9.13 Å². The summed E-state index contributed by atoms with van der Waals surface area (Å²) in [4.78, 5) is 4.43. The minimum atomic E-state index is -0.474. The van der Waals surface area contributed by atoms with Crippen LogP contribution in [-0.4, -0.2) is 9.13 Å². The fourth-order valence-corrected chi connectivity index (χ4v) is 12.0. The number of hydrogen-bond donors (Lipinski definition) is 0. The van der Waals surface area contributed by atoms with Crippen molar-refractivity contribution in [2.24, 2.45) is 0 Å². The molecule has 67 heavy (non-hydrogen) atoms. The van der Waals surface area contributed by atoms with Crippen LogP contribution in [0.25, 0.3) is 135 Å². The van der Waals surface area contributed by atoms with Gasteiger partial charge in [0.25, 0.3) is 0 Å². The molecule has 0 N–H and O–H groups in total. The largest absolute Gasteiger partial charge is 0.318 e. The Morgan fingerprint density at radius 3 is 1.81 bits per heavy atom. The van der Waals surface area contributed by atoms with Crippen molar-refractivity contribution in [3.63, 3.8) is 0 Å². The molecule has 0 saturated carbocycles. The minimum Gasteiger partial charge on any atom is -0.318 e. The molecule has 4 nitrogen and oxygen atoms in total. The molecule has 0 bridgehead atoms. The molecule has 0 unspecified atom stereocenters. The highest BCUT2D eigenvalue weighted by atomic mass is 32.1. The topological polar surface area (TPSA) is 38.0 Å². The summed E-state index contributed by atoms with van der Waals surface area (Å²) in [6.45, 7) is 9.35. The van der Waals surface area contributed by atoms with Gasteiger partial charge in [-0.15, -0.1) is 11.3 Å². The molecule has 0 aliphatic carbocycles. The van der Waals surface area contributed by atoms with Gasteiger partial charge in [-0.3, -0.25) is 0 Å². The summed E-state index contributed by atoms with van der Waals surface area (Å²) in [5, 5.41) is 18.0. The average molecular weight is 874 g/mol. The molecule has 0 amide bonds. The van der Waals surface area contributed by atoms with E-state index < -0.39 is 18.1 Å². The predicted molar refractivity (Wildman–Crippen MR) is 281 cm³/mol. The molecule has 3 aromatic heterocycles. The van der Waals surface area contributed by atoms with Crippen molar-refractivity contribution in [1.82, 2.24) is 9.13 Å². The maximum Gasteiger partial charge on any atom is 0.220 e. The van der Waals surface area contributed by atoms with Crippen molar-refractivity contribution >= 4 is 102 Å². The van der Waals surface area contributed by atoms with Gasteiger partial charge in [-0.1, -0.05) is 182 Å². The highest BCUT2D eigenvalue weighted by molar-refractivity contribution is 7.26. The molecule has 308 valence electrons. The van der Waals surface area contributed by atoms with E-state index in [1.54, 1.807) is 23.5 Å². The fraction of sp³-hybridized carbons (Fsp3) is 0. The number of nitrogens with zero attached hydrogens (tertiary/aromatic N) is 4. The monoisotopic (exact) mass is 873 g/mol. The van der Waals surface area contributed by atoms with Crippen molar-refractivity contribution in [2.45, 2.75) is 0 Å². The van der Waals surface area contributed by atoms with Gasteiger partial charge in [-0.2, -0.15) is 5.26 Å². The summed E-state index contributed by atoms with van der Waals surface area (Å²) in [5.41, 5.74) is 7.70. The van der Waals surface area contributed by atoms with Crippen LogP contribution < -0.4 is 0 Å². The Labute approximate surface area is 398 Å². The summed E-state index contributed by atoms with van der Waals surface area (Å²) in [6.07, 6.45) is 0. The van der Waals surface area contributed by atoms with Gasteiger partial charge in [0, 0.05) is 48.1 Å². The molecule has 0 saturated heterocycles. The third-order valence-electron chi connectivity index (χ3n) is 13.4. The first-order valence-corrected chi connectivity index (χ1v) is 22.7. The Morgan fingerprint density at radius 2 is 1.07 bits per heavy atom. The smallest absolute Gasteiger partial charge is 0.220 e. The second kappa shape index (κ2) is 14.2. The zero-order valence-corrected chi connectivity index (χ0v) is 36.1. The van der Waals surface area contributed by atoms with Gasteiger partial charge in [0.15, 0.2) is 0 Å². The minimum absolute atomic E-state index is 0.0864. The van der Waals surface area contributed by atoms with E-state index >= 15 is 0 Å². The Hall–Kier alpha value is -9.00. The summed E-state index contributed by atoms with van der Waals surface area (Å²) in [7, 11) is 0. The lowest BCUT2D eigenvalue weighted by Crippen LogP contribution is -2.08. The first kappa shape index (κ1) is 31.0. The van der Waals surface area contributed by atoms with Crippen molar-refractivity contribution < 1.29 is 9.60 Å². The zero-order valence-electron chi connectivity index (χ0n) is 42.3. The molecule has 14 aromatic rings. The Bertz CT molecular complexity index is 4870. The van der Waals surface area contributed by atoms with Gasteiger partial charge in [-0.05, 0) is 68.0 Å². The van der Waals surface area contributed by atoms with Crippen LogP contribution in [0.2, 0.25) is 0 Å². The highest BCUT2D eigenvalue weighted by Crippen LogP contribution is 2.55. The van der Waals surface area contributed by atoms with E-state index in [1.165, 1.54) is 0 Å². The standard InChI is InChI=1S/C62H34N4S/c1-64-58-53(38-20-7-3-8-21-38)48(36-63)59(66-49-30-15-27-40(37-18-5-2-6-19-37)55(49)47-35-34-46-43-26-13-14-33-52(43)67-62(46)60(47)66)54(39-22-9-4-10-23-39)61(58)65-50-31-16-28-44-41-24-11-12-25-42(41)45-29-17-32-51(65)57(45)56(44)50/h2-35H/i11D,12D,16D,24D,25D,28D,31D. The van der Waals surface area contributed by atoms with E-state index in [4.69, 9.17) is 2.74 Å². The number of hydrogen-bond acceptors (Lipinski definition) is 2. The first-order chi connectivity index (χ1) is 36.1. The lowest BCUT2D eigenvalue weighted by molar-refractivity contribution is 1.14. The van der Waals surface area contributed by atoms with Crippen LogP contribution in [0.5, 0.6) is 0 Å². The maximum absolute atomic E-state index is 12.1. The molecule has 0 aliphatic rings. The van der Waals surface area contributed by atoms with Gasteiger partial charge in [0.2, 0.25) is 5.69 Å².